The average Bonchev–Trinajstić information content (AvgIpc) is 2.73. The van der Waals surface area contributed by atoms with Crippen molar-refractivity contribution in [1.29, 1.82) is 0 Å². The first kappa shape index (κ1) is 13.1. The number of thioether (sulfide) groups is 1. The van der Waals surface area contributed by atoms with Gasteiger partial charge in [-0.3, -0.25) is 4.90 Å². The number of nitrogens with one attached hydrogen (secondary N) is 1. The summed E-state index contributed by atoms with van der Waals surface area (Å²) in [5, 5.41) is 0. The number of fused-ring (bicyclic) bond motifs is 1. The van der Waals surface area contributed by atoms with Gasteiger partial charge in [0.2, 0.25) is 0 Å². The van der Waals surface area contributed by atoms with Gasteiger partial charge < -0.3 is 9.55 Å². The van der Waals surface area contributed by atoms with Crippen LogP contribution >= 0.6 is 24.0 Å². The molecule has 1 aliphatic heterocycles. The molecule has 1 saturated heterocycles. The fourth-order valence-electron chi connectivity index (χ4n) is 2.41. The quantitative estimate of drug-likeness (QED) is 0.882. The summed E-state index contributed by atoms with van der Waals surface area (Å²) in [5.41, 5.74) is 1.76. The molecular weight excluding hydrogens is 281 g/mol. The van der Waals surface area contributed by atoms with E-state index in [4.69, 9.17) is 12.2 Å². The van der Waals surface area contributed by atoms with Gasteiger partial charge in [0.1, 0.15) is 5.82 Å². The summed E-state index contributed by atoms with van der Waals surface area (Å²) >= 11 is 7.33. The zero-order chi connectivity index (χ0) is 13.2. The van der Waals surface area contributed by atoms with Crippen LogP contribution in [0.15, 0.2) is 18.2 Å². The van der Waals surface area contributed by atoms with Crippen molar-refractivity contribution in [3.05, 3.63) is 28.8 Å². The van der Waals surface area contributed by atoms with Gasteiger partial charge in [0, 0.05) is 37.7 Å². The summed E-state index contributed by atoms with van der Waals surface area (Å²) in [7, 11) is 0. The highest BCUT2D eigenvalue weighted by molar-refractivity contribution is 7.99. The van der Waals surface area contributed by atoms with E-state index >= 15 is 0 Å². The number of hydrogen-bond donors (Lipinski definition) is 1. The largest absolute Gasteiger partial charge is 0.331 e. The second-order valence-corrected chi connectivity index (χ2v) is 6.31. The number of aromatic amines is 1. The highest BCUT2D eigenvalue weighted by Gasteiger charge is 2.11. The Bertz CT molecular complexity index is 628. The number of halogens is 1. The zero-order valence-electron chi connectivity index (χ0n) is 10.6. The molecule has 3 nitrogen and oxygen atoms in total. The van der Waals surface area contributed by atoms with Crippen LogP contribution in [-0.2, 0) is 6.54 Å². The van der Waals surface area contributed by atoms with Gasteiger partial charge in [-0.2, -0.15) is 11.8 Å². The molecule has 0 radical (unpaired) electrons. The normalized spacial score (nSPS) is 17.1. The van der Waals surface area contributed by atoms with Crippen LogP contribution in [0.3, 0.4) is 0 Å². The van der Waals surface area contributed by atoms with Gasteiger partial charge in [-0.15, -0.1) is 0 Å². The lowest BCUT2D eigenvalue weighted by Gasteiger charge is -2.26. The molecule has 6 heteroatoms. The average molecular weight is 297 g/mol. The van der Waals surface area contributed by atoms with Gasteiger partial charge in [-0.1, -0.05) is 0 Å². The lowest BCUT2D eigenvalue weighted by molar-refractivity contribution is 0.290. The van der Waals surface area contributed by atoms with E-state index in [9.17, 15) is 4.39 Å². The molecule has 0 saturated carbocycles. The van der Waals surface area contributed by atoms with Gasteiger partial charge in [0.15, 0.2) is 4.77 Å². The summed E-state index contributed by atoms with van der Waals surface area (Å²) in [6.07, 6.45) is 0. The molecule has 0 bridgehead atoms. The van der Waals surface area contributed by atoms with Crippen LogP contribution in [0.5, 0.6) is 0 Å². The Morgan fingerprint density at radius 3 is 2.84 bits per heavy atom. The van der Waals surface area contributed by atoms with Crippen LogP contribution in [-0.4, -0.2) is 45.6 Å². The third kappa shape index (κ3) is 2.85. The van der Waals surface area contributed by atoms with Crippen LogP contribution in [0.25, 0.3) is 11.0 Å². The molecule has 1 fully saturated rings. The molecule has 1 aromatic heterocycles. The van der Waals surface area contributed by atoms with E-state index in [-0.39, 0.29) is 5.82 Å². The van der Waals surface area contributed by atoms with E-state index in [1.54, 1.807) is 12.1 Å². The molecule has 0 aliphatic carbocycles. The van der Waals surface area contributed by atoms with Crippen molar-refractivity contribution in [2.45, 2.75) is 6.54 Å². The third-order valence-corrected chi connectivity index (χ3v) is 4.75. The molecule has 0 spiro atoms. The van der Waals surface area contributed by atoms with Gasteiger partial charge in [0.05, 0.1) is 11.0 Å². The highest BCUT2D eigenvalue weighted by Crippen LogP contribution is 2.16. The number of aromatic nitrogens is 2. The fourth-order valence-corrected chi connectivity index (χ4v) is 3.69. The molecule has 1 N–H and O–H groups in total. The molecule has 2 aromatic rings. The second-order valence-electron chi connectivity index (χ2n) is 4.70. The molecule has 0 unspecified atom stereocenters. The monoisotopic (exact) mass is 297 g/mol. The molecule has 2 heterocycles. The van der Waals surface area contributed by atoms with Gasteiger partial charge in [0.25, 0.3) is 0 Å². The Morgan fingerprint density at radius 2 is 2.05 bits per heavy atom. The van der Waals surface area contributed by atoms with E-state index in [1.165, 1.54) is 17.6 Å². The fraction of sp³-hybridized carbons (Fsp3) is 0.462. The first-order valence-corrected chi connectivity index (χ1v) is 7.98. The minimum Gasteiger partial charge on any atom is -0.331 e. The molecule has 19 heavy (non-hydrogen) atoms. The number of benzene rings is 1. The summed E-state index contributed by atoms with van der Waals surface area (Å²) in [4.78, 5) is 5.57. The third-order valence-electron chi connectivity index (χ3n) is 3.48. The smallest absolute Gasteiger partial charge is 0.178 e. The van der Waals surface area contributed by atoms with Crippen molar-refractivity contribution in [1.82, 2.24) is 14.5 Å². The van der Waals surface area contributed by atoms with Crippen LogP contribution in [0.4, 0.5) is 4.39 Å². The Balaban J connectivity index is 1.81. The highest BCUT2D eigenvalue weighted by atomic mass is 32.2. The van der Waals surface area contributed by atoms with E-state index in [0.717, 1.165) is 37.2 Å². The lowest BCUT2D eigenvalue weighted by atomic mass is 10.3. The van der Waals surface area contributed by atoms with Crippen molar-refractivity contribution < 1.29 is 4.39 Å². The van der Waals surface area contributed by atoms with E-state index in [1.807, 2.05) is 16.3 Å². The molecule has 102 valence electrons. The molecular formula is C13H16FN3S2. The summed E-state index contributed by atoms with van der Waals surface area (Å²) in [6, 6.07) is 4.75. The van der Waals surface area contributed by atoms with Crippen LogP contribution < -0.4 is 0 Å². The van der Waals surface area contributed by atoms with Gasteiger partial charge >= 0.3 is 0 Å². The van der Waals surface area contributed by atoms with Crippen LogP contribution in [0, 0.1) is 10.6 Å². The van der Waals surface area contributed by atoms with Crippen molar-refractivity contribution in [2.24, 2.45) is 0 Å². The van der Waals surface area contributed by atoms with E-state index < -0.39 is 0 Å². The predicted octanol–water partition coefficient (Wildman–Crippen LogP) is 2.89. The van der Waals surface area contributed by atoms with Crippen LogP contribution in [0.1, 0.15) is 0 Å². The maximum absolute atomic E-state index is 13.3. The first-order chi connectivity index (χ1) is 9.24. The number of imidazole rings is 1. The summed E-state index contributed by atoms with van der Waals surface area (Å²) in [6.45, 7) is 4.05. The molecule has 0 atom stereocenters. The topological polar surface area (TPSA) is 24.0 Å². The zero-order valence-corrected chi connectivity index (χ0v) is 12.2. The second kappa shape index (κ2) is 5.64. The minimum absolute atomic E-state index is 0.218. The van der Waals surface area contributed by atoms with E-state index in [2.05, 4.69) is 9.88 Å². The standard InChI is InChI=1S/C13H16FN3S2/c14-10-1-2-11-12(9-10)17(13(18)15-11)4-3-16-5-7-19-8-6-16/h1-2,9H,3-8H2,(H,15,18). The Hall–Kier alpha value is -0.850. The van der Waals surface area contributed by atoms with Crippen molar-refractivity contribution in [3.63, 3.8) is 0 Å². The molecule has 0 amide bonds. The maximum atomic E-state index is 13.3. The molecule has 1 aliphatic rings. The van der Waals surface area contributed by atoms with Crippen molar-refractivity contribution >= 4 is 35.0 Å². The Morgan fingerprint density at radius 1 is 1.26 bits per heavy atom. The summed E-state index contributed by atoms with van der Waals surface area (Å²) < 4.78 is 16.0. The minimum atomic E-state index is -0.218. The molecule has 3 rings (SSSR count). The number of H-pyrrole nitrogens is 1. The van der Waals surface area contributed by atoms with Gasteiger partial charge in [-0.25, -0.2) is 4.39 Å². The Kier molecular flexibility index (Phi) is 3.91. The van der Waals surface area contributed by atoms with Crippen molar-refractivity contribution in [2.75, 3.05) is 31.1 Å². The lowest BCUT2D eigenvalue weighted by Crippen LogP contribution is -2.35. The SMILES string of the molecule is Fc1ccc2[nH]c(=S)n(CCN3CCSCC3)c2c1. The van der Waals surface area contributed by atoms with Gasteiger partial charge in [-0.05, 0) is 30.4 Å². The summed E-state index contributed by atoms with van der Waals surface area (Å²) in [5.74, 6) is 2.19. The number of hydrogen-bond acceptors (Lipinski definition) is 3. The Labute approximate surface area is 120 Å². The van der Waals surface area contributed by atoms with Crippen molar-refractivity contribution in [3.8, 4) is 0 Å². The van der Waals surface area contributed by atoms with Crippen LogP contribution in [0.2, 0.25) is 0 Å². The maximum Gasteiger partial charge on any atom is 0.178 e. The first-order valence-electron chi connectivity index (χ1n) is 6.42. The predicted molar refractivity (Wildman–Crippen MR) is 80.8 cm³/mol. The number of rotatable bonds is 3. The number of nitrogens with zero attached hydrogens (tertiary/aromatic N) is 2. The molecule has 1 aromatic carbocycles. The van der Waals surface area contributed by atoms with E-state index in [0.29, 0.717) is 4.77 Å².